The molecule has 1 aromatic heterocycles. The van der Waals surface area contributed by atoms with Gasteiger partial charge in [-0.25, -0.2) is 14.6 Å². The molecule has 71 valence electrons. The van der Waals surface area contributed by atoms with Crippen LogP contribution >= 0.6 is 0 Å². The molecule has 13 heavy (non-hydrogen) atoms. The van der Waals surface area contributed by atoms with Crippen LogP contribution in [0.3, 0.4) is 0 Å². The third kappa shape index (κ3) is 2.96. The Labute approximate surface area is 104 Å². The topological polar surface area (TPSA) is 87.5 Å². The summed E-state index contributed by atoms with van der Waals surface area (Å²) in [6, 6.07) is 2.56. The second kappa shape index (κ2) is 5.18. The normalized spacial score (nSPS) is 8.62. The first-order valence-corrected chi connectivity index (χ1v) is 3.04. The van der Waals surface area contributed by atoms with Crippen LogP contribution in [0, 0.1) is 38.6 Å². The zero-order chi connectivity index (χ0) is 9.14. The summed E-state index contributed by atoms with van der Waals surface area (Å²) < 4.78 is 0. The summed E-state index contributed by atoms with van der Waals surface area (Å²) in [6.07, 6.45) is 1.23. The number of carboxylic acids is 2. The van der Waals surface area contributed by atoms with Crippen molar-refractivity contribution in [3.05, 3.63) is 29.6 Å². The molecular formula is C7H5NO4Tb. The van der Waals surface area contributed by atoms with E-state index in [9.17, 15) is 9.59 Å². The minimum atomic E-state index is -1.34. The van der Waals surface area contributed by atoms with E-state index in [0.29, 0.717) is 0 Å². The largest absolute Gasteiger partial charge is 0.478 e. The number of hydrogen-bond donors (Lipinski definition) is 2. The molecule has 0 aliphatic heterocycles. The molecule has 0 saturated carbocycles. The van der Waals surface area contributed by atoms with Crippen molar-refractivity contribution in [2.75, 3.05) is 0 Å². The van der Waals surface area contributed by atoms with Gasteiger partial charge in [-0.1, -0.05) is 0 Å². The predicted molar refractivity (Wildman–Crippen MR) is 38.2 cm³/mol. The van der Waals surface area contributed by atoms with Crippen LogP contribution in [0.2, 0.25) is 0 Å². The fourth-order valence-corrected chi connectivity index (χ4v) is 0.748. The van der Waals surface area contributed by atoms with E-state index in [1.807, 2.05) is 0 Å². The van der Waals surface area contributed by atoms with Gasteiger partial charge >= 0.3 is 11.9 Å². The Morgan fingerprint density at radius 2 is 1.85 bits per heavy atom. The molecule has 2 N–H and O–H groups in total. The monoisotopic (exact) mass is 326 g/mol. The van der Waals surface area contributed by atoms with E-state index in [1.165, 1.54) is 18.3 Å². The Kier molecular flexibility index (Phi) is 4.93. The van der Waals surface area contributed by atoms with Crippen LogP contribution in [0.1, 0.15) is 20.8 Å². The van der Waals surface area contributed by atoms with E-state index in [2.05, 4.69) is 4.98 Å². The summed E-state index contributed by atoms with van der Waals surface area (Å²) in [4.78, 5) is 24.2. The molecule has 0 aliphatic rings. The number of pyridine rings is 1. The molecule has 1 rings (SSSR count). The van der Waals surface area contributed by atoms with Crippen LogP contribution in [-0.4, -0.2) is 27.1 Å². The first kappa shape index (κ1) is 12.4. The van der Waals surface area contributed by atoms with Crippen LogP contribution in [0.25, 0.3) is 0 Å². The molecule has 0 aliphatic carbocycles. The number of nitrogens with zero attached hydrogens (tertiary/aromatic N) is 1. The van der Waals surface area contributed by atoms with Gasteiger partial charge < -0.3 is 10.2 Å². The summed E-state index contributed by atoms with van der Waals surface area (Å²) in [7, 11) is 0. The minimum Gasteiger partial charge on any atom is -0.478 e. The fourth-order valence-electron chi connectivity index (χ4n) is 0.748. The third-order valence-electron chi connectivity index (χ3n) is 1.24. The number of rotatable bonds is 2. The van der Waals surface area contributed by atoms with Crippen LogP contribution in [0.4, 0.5) is 0 Å². The van der Waals surface area contributed by atoms with Crippen molar-refractivity contribution in [3.63, 3.8) is 0 Å². The average molecular weight is 326 g/mol. The van der Waals surface area contributed by atoms with Gasteiger partial charge in [-0.05, 0) is 12.1 Å². The van der Waals surface area contributed by atoms with Gasteiger partial charge in [-0.2, -0.15) is 0 Å². The van der Waals surface area contributed by atoms with Gasteiger partial charge in [0.25, 0.3) is 0 Å². The van der Waals surface area contributed by atoms with E-state index in [-0.39, 0.29) is 44.2 Å². The molecule has 5 nitrogen and oxygen atoms in total. The van der Waals surface area contributed by atoms with Crippen molar-refractivity contribution >= 4 is 11.9 Å². The first-order chi connectivity index (χ1) is 5.63. The second-order valence-electron chi connectivity index (χ2n) is 2.01. The van der Waals surface area contributed by atoms with Gasteiger partial charge in [-0.15, -0.1) is 0 Å². The summed E-state index contributed by atoms with van der Waals surface area (Å²) in [5.74, 6) is -2.63. The molecule has 0 spiro atoms. The van der Waals surface area contributed by atoms with Gasteiger partial charge in [0.15, 0.2) is 5.69 Å². The standard InChI is InChI=1S/C7H5NO4.Tb/c9-6(10)4-2-1-3-8-5(4)7(11)12;/h1-3H,(H,9,10)(H,11,12);. The molecule has 0 fully saturated rings. The molecule has 0 saturated heterocycles. The van der Waals surface area contributed by atoms with Crippen molar-refractivity contribution < 1.29 is 58.4 Å². The van der Waals surface area contributed by atoms with Crippen LogP contribution < -0.4 is 0 Å². The van der Waals surface area contributed by atoms with Crippen LogP contribution in [0.15, 0.2) is 18.3 Å². The molecule has 0 aromatic carbocycles. The van der Waals surface area contributed by atoms with Crippen molar-refractivity contribution in [2.24, 2.45) is 0 Å². The number of aromatic carboxylic acids is 2. The molecule has 0 amide bonds. The van der Waals surface area contributed by atoms with E-state index in [1.54, 1.807) is 0 Å². The summed E-state index contributed by atoms with van der Waals surface area (Å²) in [5.41, 5.74) is -0.741. The quantitative estimate of drug-likeness (QED) is 0.825. The molecule has 6 heteroatoms. The molecule has 0 atom stereocenters. The Bertz CT molecular complexity index is 306. The maximum atomic E-state index is 10.4. The third-order valence-corrected chi connectivity index (χ3v) is 1.24. The summed E-state index contributed by atoms with van der Waals surface area (Å²) in [6.45, 7) is 0. The second-order valence-corrected chi connectivity index (χ2v) is 2.01. The number of carboxylic acid groups (broad SMARTS) is 2. The molecule has 1 heterocycles. The predicted octanol–water partition coefficient (Wildman–Crippen LogP) is 0.478. The van der Waals surface area contributed by atoms with Gasteiger partial charge in [0.1, 0.15) is 0 Å². The zero-order valence-corrected chi connectivity index (χ0v) is 8.36. The maximum Gasteiger partial charge on any atom is 0.355 e. The number of carbonyl (C=O) groups is 2. The van der Waals surface area contributed by atoms with Crippen LogP contribution in [0.5, 0.6) is 0 Å². The Balaban J connectivity index is 0.00000144. The first-order valence-electron chi connectivity index (χ1n) is 3.04. The summed E-state index contributed by atoms with van der Waals surface area (Å²) in [5, 5.41) is 17.0. The zero-order valence-electron chi connectivity index (χ0n) is 6.22. The van der Waals surface area contributed by atoms with E-state index >= 15 is 0 Å². The Morgan fingerprint density at radius 1 is 1.23 bits per heavy atom. The van der Waals surface area contributed by atoms with E-state index in [0.717, 1.165) is 0 Å². The van der Waals surface area contributed by atoms with Gasteiger partial charge in [0.2, 0.25) is 0 Å². The smallest absolute Gasteiger partial charge is 0.355 e. The van der Waals surface area contributed by atoms with Gasteiger partial charge in [0, 0.05) is 44.8 Å². The molecule has 1 aromatic rings. The van der Waals surface area contributed by atoms with Crippen LogP contribution in [-0.2, 0) is 0 Å². The number of hydrogen-bond acceptors (Lipinski definition) is 3. The van der Waals surface area contributed by atoms with Crippen molar-refractivity contribution in [1.82, 2.24) is 4.98 Å². The van der Waals surface area contributed by atoms with E-state index < -0.39 is 17.6 Å². The average Bonchev–Trinajstić information content (AvgIpc) is 2.04. The van der Waals surface area contributed by atoms with Gasteiger partial charge in [0.05, 0.1) is 5.56 Å². The van der Waals surface area contributed by atoms with Crippen molar-refractivity contribution in [1.29, 1.82) is 0 Å². The molecule has 0 bridgehead atoms. The summed E-state index contributed by atoms with van der Waals surface area (Å²) >= 11 is 0. The Morgan fingerprint density at radius 3 is 2.23 bits per heavy atom. The molecular weight excluding hydrogens is 321 g/mol. The molecule has 1 radical (unpaired) electrons. The van der Waals surface area contributed by atoms with Crippen molar-refractivity contribution in [3.8, 4) is 0 Å². The number of aromatic nitrogens is 1. The fraction of sp³-hybridized carbons (Fsp3) is 0. The minimum absolute atomic E-state index is 0. The van der Waals surface area contributed by atoms with Gasteiger partial charge in [-0.3, -0.25) is 0 Å². The van der Waals surface area contributed by atoms with Crippen molar-refractivity contribution in [2.45, 2.75) is 0 Å². The Hall–Kier alpha value is -0.624. The maximum absolute atomic E-state index is 10.4. The SMILES string of the molecule is O=C(O)c1cccnc1C(=O)O.[Tb]. The molecule has 0 unspecified atom stereocenters. The van der Waals surface area contributed by atoms with E-state index in [4.69, 9.17) is 10.2 Å².